The maximum Gasteiger partial charge on any atom is 0.293 e. The molecule has 0 spiro atoms. The second-order valence-electron chi connectivity index (χ2n) is 11.7. The van der Waals surface area contributed by atoms with Crippen molar-refractivity contribution in [2.75, 3.05) is 28.6 Å². The molecular formula is C33H35N9O3S. The molecule has 13 heteroatoms. The first-order valence-electron chi connectivity index (χ1n) is 15.3. The summed E-state index contributed by atoms with van der Waals surface area (Å²) in [6.07, 6.45) is 7.21. The fourth-order valence-corrected chi connectivity index (χ4v) is 7.35. The van der Waals surface area contributed by atoms with Crippen molar-refractivity contribution in [3.63, 3.8) is 0 Å². The Balaban J connectivity index is 1.22. The molecule has 46 heavy (non-hydrogen) atoms. The monoisotopic (exact) mass is 637 g/mol. The van der Waals surface area contributed by atoms with E-state index < -0.39 is 5.91 Å². The average Bonchev–Trinajstić information content (AvgIpc) is 3.52. The second kappa shape index (κ2) is 13.1. The number of piperidine rings is 1. The minimum Gasteiger partial charge on any atom is -0.370 e. The third kappa shape index (κ3) is 6.23. The van der Waals surface area contributed by atoms with Crippen LogP contribution in [0.4, 0.5) is 28.6 Å². The molecule has 3 heterocycles. The van der Waals surface area contributed by atoms with Crippen LogP contribution in [-0.4, -0.2) is 34.5 Å². The number of anilines is 4. The average molecular weight is 638 g/mol. The van der Waals surface area contributed by atoms with Gasteiger partial charge in [-0.1, -0.05) is 12.1 Å². The third-order valence-electron chi connectivity index (χ3n) is 8.80. The molecule has 1 aliphatic heterocycles. The molecule has 6 rings (SSSR count). The predicted octanol–water partition coefficient (Wildman–Crippen LogP) is 7.13. The molecule has 0 radical (unpaired) electrons. The maximum atomic E-state index is 13.2. The number of carbonyl (C=O) groups excluding carboxylic acids is 2. The number of nitrogens with one attached hydrogen (secondary N) is 4. The van der Waals surface area contributed by atoms with Gasteiger partial charge in [-0.15, -0.1) is 16.5 Å². The number of nitrogens with zero attached hydrogens (tertiary/aromatic N) is 5. The fraction of sp³-hybridized carbons (Fsp3) is 0.333. The molecule has 1 saturated heterocycles. The van der Waals surface area contributed by atoms with Crippen molar-refractivity contribution >= 4 is 51.7 Å². The molecule has 12 nitrogen and oxygen atoms in total. The van der Waals surface area contributed by atoms with Gasteiger partial charge in [-0.25, -0.2) is 16.0 Å². The number of hydrogen-bond donors (Lipinski definition) is 4. The zero-order chi connectivity index (χ0) is 32.4. The van der Waals surface area contributed by atoms with Gasteiger partial charge in [0.1, 0.15) is 5.69 Å². The van der Waals surface area contributed by atoms with E-state index in [1.54, 1.807) is 36.7 Å². The molecule has 1 aliphatic carbocycles. The lowest BCUT2D eigenvalue weighted by Gasteiger charge is -2.32. The second-order valence-corrected chi connectivity index (χ2v) is 12.9. The highest BCUT2D eigenvalue weighted by Gasteiger charge is 2.26. The van der Waals surface area contributed by atoms with Crippen molar-refractivity contribution in [1.82, 2.24) is 9.55 Å². The first-order chi connectivity index (χ1) is 22.2. The lowest BCUT2D eigenvalue weighted by Crippen LogP contribution is -2.35. The number of rotatable bonds is 8. The zero-order valence-electron chi connectivity index (χ0n) is 25.7. The van der Waals surface area contributed by atoms with Gasteiger partial charge in [-0.2, -0.15) is 5.11 Å². The van der Waals surface area contributed by atoms with Crippen molar-refractivity contribution in [1.29, 1.82) is 11.1 Å². The Morgan fingerprint density at radius 2 is 1.85 bits per heavy atom. The molecule has 4 N–H and O–H groups in total. The topological polar surface area (TPSA) is 169 Å². The smallest absolute Gasteiger partial charge is 0.293 e. The summed E-state index contributed by atoms with van der Waals surface area (Å²) in [7, 11) is 1.66. The molecular weight excluding hydrogens is 602 g/mol. The number of fused-ring (bicyclic) bond motifs is 1. The van der Waals surface area contributed by atoms with E-state index >= 15 is 0 Å². The van der Waals surface area contributed by atoms with E-state index in [0.717, 1.165) is 36.1 Å². The van der Waals surface area contributed by atoms with E-state index in [-0.39, 0.29) is 23.2 Å². The largest absolute Gasteiger partial charge is 0.370 e. The number of hydrogen-bond acceptors (Lipinski definition) is 10. The Morgan fingerprint density at radius 3 is 2.59 bits per heavy atom. The fourth-order valence-electron chi connectivity index (χ4n) is 6.21. The van der Waals surface area contributed by atoms with Gasteiger partial charge in [0.25, 0.3) is 17.4 Å². The van der Waals surface area contributed by atoms with Crippen LogP contribution in [0, 0.1) is 23.9 Å². The molecule has 0 atom stereocenters. The van der Waals surface area contributed by atoms with Crippen LogP contribution in [0.3, 0.4) is 0 Å². The lowest BCUT2D eigenvalue weighted by atomic mass is 9.95. The molecule has 1 fully saturated rings. The van der Waals surface area contributed by atoms with E-state index in [0.29, 0.717) is 53.6 Å². The highest BCUT2D eigenvalue weighted by atomic mass is 32.1. The van der Waals surface area contributed by atoms with E-state index in [2.05, 4.69) is 30.7 Å². The van der Waals surface area contributed by atoms with Crippen molar-refractivity contribution in [2.24, 2.45) is 23.2 Å². The van der Waals surface area contributed by atoms with E-state index in [9.17, 15) is 14.4 Å². The minimum atomic E-state index is -0.399. The van der Waals surface area contributed by atoms with Crippen molar-refractivity contribution < 1.29 is 9.59 Å². The Bertz CT molecular complexity index is 1880. The Morgan fingerprint density at radius 1 is 1.07 bits per heavy atom. The van der Waals surface area contributed by atoms with E-state index in [1.165, 1.54) is 21.4 Å². The summed E-state index contributed by atoms with van der Waals surface area (Å²) in [5.74, 6) is -0.674. The van der Waals surface area contributed by atoms with E-state index in [4.69, 9.17) is 11.1 Å². The normalized spacial score (nSPS) is 14.8. The van der Waals surface area contributed by atoms with Crippen LogP contribution in [0.15, 0.2) is 63.7 Å². The van der Waals surface area contributed by atoms with Gasteiger partial charge >= 0.3 is 0 Å². The molecule has 0 saturated carbocycles. The van der Waals surface area contributed by atoms with Gasteiger partial charge in [-0.3, -0.25) is 14.4 Å². The number of aromatic nitrogens is 2. The van der Waals surface area contributed by atoms with Crippen LogP contribution in [0.25, 0.3) is 11.3 Å². The van der Waals surface area contributed by atoms with Crippen LogP contribution in [0.5, 0.6) is 0 Å². The third-order valence-corrected chi connectivity index (χ3v) is 10.0. The molecule has 2 aliphatic rings. The van der Waals surface area contributed by atoms with Gasteiger partial charge in [0.2, 0.25) is 0 Å². The summed E-state index contributed by atoms with van der Waals surface area (Å²) < 4.78 is 1.46. The van der Waals surface area contributed by atoms with Gasteiger partial charge in [0, 0.05) is 54.1 Å². The summed E-state index contributed by atoms with van der Waals surface area (Å²) in [5.41, 5.74) is 20.3. The Kier molecular flexibility index (Phi) is 8.84. The number of amides is 2. The summed E-state index contributed by atoms with van der Waals surface area (Å²) >= 11 is 1.58. The molecule has 0 bridgehead atoms. The standard InChI is InChI=1S/C33H35N9O3S/c1-19-23(7-5-8-24(19)38-32(44)29-16-21-6-3-4-9-28(21)46-29)26-18-41(2)33(45)30(37-26)36-22-10-11-27(25(17-22)39-34)42-14-12-20(13-15-42)31(43)40-35/h5,7-8,10-11,16-18,20,34-35H,3-4,6,9,12-15H2,1-2H3,(H,36,37)(H,38,44). The lowest BCUT2D eigenvalue weighted by molar-refractivity contribution is -0.122. The van der Waals surface area contributed by atoms with Gasteiger partial charge in [-0.05, 0) is 86.9 Å². The van der Waals surface area contributed by atoms with Crippen LogP contribution in [0.1, 0.15) is 51.4 Å². The molecule has 2 aromatic carbocycles. The van der Waals surface area contributed by atoms with Crippen molar-refractivity contribution in [3.8, 4) is 11.3 Å². The maximum absolute atomic E-state index is 13.2. The number of aryl methyl sites for hydroxylation is 3. The highest BCUT2D eigenvalue weighted by Crippen LogP contribution is 2.36. The summed E-state index contributed by atoms with van der Waals surface area (Å²) in [6, 6.07) is 13.0. The highest BCUT2D eigenvalue weighted by molar-refractivity contribution is 7.14. The van der Waals surface area contributed by atoms with Crippen LogP contribution >= 0.6 is 11.3 Å². The van der Waals surface area contributed by atoms with Crippen LogP contribution in [0.2, 0.25) is 0 Å². The summed E-state index contributed by atoms with van der Waals surface area (Å²) in [5, 5.41) is 13.0. The number of thiophene rings is 1. The zero-order valence-corrected chi connectivity index (χ0v) is 26.5. The molecule has 0 unspecified atom stereocenters. The Hall–Kier alpha value is -5.04. The van der Waals surface area contributed by atoms with Crippen LogP contribution in [-0.2, 0) is 24.7 Å². The molecule has 4 aromatic rings. The molecule has 2 aromatic heterocycles. The number of benzene rings is 2. The first-order valence-corrected chi connectivity index (χ1v) is 16.1. The quantitative estimate of drug-likeness (QED) is 0.150. The molecule has 2 amide bonds. The van der Waals surface area contributed by atoms with Gasteiger partial charge in [0.15, 0.2) is 5.82 Å². The van der Waals surface area contributed by atoms with E-state index in [1.807, 2.05) is 37.3 Å². The Labute approximate surface area is 269 Å². The SMILES string of the molecule is Cc1c(NC(=O)c2cc3c(s2)CCCC3)cccc1-c1cn(C)c(=O)c(Nc2ccc(N3CCC(C(=O)N=N)CC3)c(N=N)c2)n1. The minimum absolute atomic E-state index is 0.111. The summed E-state index contributed by atoms with van der Waals surface area (Å²) in [6.45, 7) is 3.09. The van der Waals surface area contributed by atoms with Crippen molar-refractivity contribution in [2.45, 2.75) is 45.4 Å². The van der Waals surface area contributed by atoms with Gasteiger partial charge < -0.3 is 20.1 Å². The first kappa shape index (κ1) is 31.0. The number of carbonyl (C=O) groups is 2. The van der Waals surface area contributed by atoms with Crippen molar-refractivity contribution in [3.05, 3.63) is 79.9 Å². The molecule has 236 valence electrons. The summed E-state index contributed by atoms with van der Waals surface area (Å²) in [4.78, 5) is 46.9. The van der Waals surface area contributed by atoms with Gasteiger partial charge in [0.05, 0.1) is 16.3 Å². The predicted molar refractivity (Wildman–Crippen MR) is 178 cm³/mol. The van der Waals surface area contributed by atoms with Crippen LogP contribution < -0.4 is 21.1 Å².